The van der Waals surface area contributed by atoms with Crippen LogP contribution >= 0.6 is 0 Å². The molecule has 1 unspecified atom stereocenters. The number of aromatic hydroxyl groups is 1. The summed E-state index contributed by atoms with van der Waals surface area (Å²) in [5.41, 5.74) is 0.565. The monoisotopic (exact) mass is 276 g/mol. The zero-order chi connectivity index (χ0) is 14.5. The Hall–Kier alpha value is -1.77. The van der Waals surface area contributed by atoms with Crippen molar-refractivity contribution >= 4 is 0 Å². The van der Waals surface area contributed by atoms with E-state index in [-0.39, 0.29) is 11.9 Å². The minimum absolute atomic E-state index is 0.0343. The first-order valence-corrected chi connectivity index (χ1v) is 6.93. The van der Waals surface area contributed by atoms with Crippen molar-refractivity contribution in [2.45, 2.75) is 31.9 Å². The van der Waals surface area contributed by atoms with Crippen LogP contribution in [0.5, 0.6) is 11.5 Å². The average molecular weight is 276 g/mol. The summed E-state index contributed by atoms with van der Waals surface area (Å²) < 4.78 is 5.36. The molecule has 1 aromatic carbocycles. The number of phenolic OH excluding ortho intramolecular Hbond substituents is 1. The number of rotatable bonds is 4. The van der Waals surface area contributed by atoms with Crippen molar-refractivity contribution in [3.05, 3.63) is 23.8 Å². The minimum Gasteiger partial charge on any atom is -0.504 e. The number of nitrogens with zero attached hydrogens (tertiary/aromatic N) is 2. The predicted octanol–water partition coefficient (Wildman–Crippen LogP) is 1.81. The molecule has 5 nitrogen and oxygen atoms in total. The van der Waals surface area contributed by atoms with E-state index in [0.717, 1.165) is 0 Å². The van der Waals surface area contributed by atoms with Gasteiger partial charge in [0.15, 0.2) is 11.5 Å². The fraction of sp³-hybridized carbons (Fsp3) is 0.533. The molecule has 0 aliphatic carbocycles. The maximum atomic E-state index is 10.3. The second-order valence-electron chi connectivity index (χ2n) is 4.93. The van der Waals surface area contributed by atoms with E-state index in [2.05, 4.69) is 6.07 Å². The van der Waals surface area contributed by atoms with Crippen molar-refractivity contribution in [2.75, 3.05) is 19.7 Å². The van der Waals surface area contributed by atoms with Gasteiger partial charge < -0.3 is 14.9 Å². The van der Waals surface area contributed by atoms with E-state index >= 15 is 0 Å². The van der Waals surface area contributed by atoms with Gasteiger partial charge in [0, 0.05) is 18.7 Å². The van der Waals surface area contributed by atoms with Crippen molar-refractivity contribution < 1.29 is 14.9 Å². The lowest BCUT2D eigenvalue weighted by atomic mass is 10.0. The highest BCUT2D eigenvalue weighted by Crippen LogP contribution is 2.36. The van der Waals surface area contributed by atoms with Crippen LogP contribution in [0.25, 0.3) is 0 Å². The lowest BCUT2D eigenvalue weighted by molar-refractivity contribution is 0.0711. The second kappa shape index (κ2) is 6.60. The highest BCUT2D eigenvalue weighted by Gasteiger charge is 2.27. The number of hydrogen-bond donors (Lipinski definition) is 2. The largest absolute Gasteiger partial charge is 0.504 e. The third kappa shape index (κ3) is 3.03. The molecule has 1 heterocycles. The summed E-state index contributed by atoms with van der Waals surface area (Å²) in [5.74, 6) is 0.439. The molecule has 1 saturated heterocycles. The van der Waals surface area contributed by atoms with Crippen LogP contribution in [0.4, 0.5) is 0 Å². The molecule has 5 heteroatoms. The molecule has 2 rings (SSSR count). The molecule has 0 amide bonds. The first-order chi connectivity index (χ1) is 9.67. The first-order valence-electron chi connectivity index (χ1n) is 6.93. The predicted molar refractivity (Wildman–Crippen MR) is 74.4 cm³/mol. The van der Waals surface area contributed by atoms with Gasteiger partial charge in [-0.05, 0) is 25.8 Å². The second-order valence-corrected chi connectivity index (χ2v) is 4.93. The van der Waals surface area contributed by atoms with Crippen molar-refractivity contribution in [2.24, 2.45) is 0 Å². The van der Waals surface area contributed by atoms with E-state index in [0.29, 0.717) is 43.9 Å². The SMILES string of the molecule is CCOc1cccc(C(C#N)N2CCC(O)CC2)c1O. The first kappa shape index (κ1) is 14.6. The molecule has 0 saturated carbocycles. The smallest absolute Gasteiger partial charge is 0.163 e. The fourth-order valence-electron chi connectivity index (χ4n) is 2.52. The minimum atomic E-state index is -0.511. The lowest BCUT2D eigenvalue weighted by Crippen LogP contribution is -2.38. The third-order valence-corrected chi connectivity index (χ3v) is 3.61. The molecular weight excluding hydrogens is 256 g/mol. The summed E-state index contributed by atoms with van der Waals surface area (Å²) in [5, 5.41) is 29.2. The maximum absolute atomic E-state index is 10.3. The Morgan fingerprint density at radius 1 is 1.45 bits per heavy atom. The van der Waals surface area contributed by atoms with Crippen LogP contribution < -0.4 is 4.74 Å². The fourth-order valence-corrected chi connectivity index (χ4v) is 2.52. The van der Waals surface area contributed by atoms with Gasteiger partial charge in [-0.1, -0.05) is 12.1 Å². The van der Waals surface area contributed by atoms with Crippen molar-refractivity contribution in [3.8, 4) is 17.6 Å². The van der Waals surface area contributed by atoms with Crippen molar-refractivity contribution in [1.29, 1.82) is 5.26 Å². The Bertz CT molecular complexity index is 490. The number of para-hydroxylation sites is 1. The molecule has 108 valence electrons. The Kier molecular flexibility index (Phi) is 4.83. The molecule has 1 aliphatic rings. The van der Waals surface area contributed by atoms with Crippen LogP contribution in [0.2, 0.25) is 0 Å². The molecule has 0 spiro atoms. The number of phenols is 1. The zero-order valence-corrected chi connectivity index (χ0v) is 11.6. The van der Waals surface area contributed by atoms with E-state index in [1.807, 2.05) is 11.8 Å². The normalized spacial score (nSPS) is 18.4. The van der Waals surface area contributed by atoms with Crippen LogP contribution in [0, 0.1) is 11.3 Å². The highest BCUT2D eigenvalue weighted by atomic mass is 16.5. The van der Waals surface area contributed by atoms with E-state index in [1.165, 1.54) is 0 Å². The van der Waals surface area contributed by atoms with Gasteiger partial charge in [-0.25, -0.2) is 0 Å². The third-order valence-electron chi connectivity index (χ3n) is 3.61. The zero-order valence-electron chi connectivity index (χ0n) is 11.6. The van der Waals surface area contributed by atoms with E-state index in [4.69, 9.17) is 4.74 Å². The van der Waals surface area contributed by atoms with E-state index in [1.54, 1.807) is 18.2 Å². The van der Waals surface area contributed by atoms with Gasteiger partial charge in [-0.3, -0.25) is 4.90 Å². The van der Waals surface area contributed by atoms with Crippen molar-refractivity contribution in [3.63, 3.8) is 0 Å². The Morgan fingerprint density at radius 3 is 2.75 bits per heavy atom. The molecule has 1 aromatic rings. The number of hydrogen-bond acceptors (Lipinski definition) is 5. The molecule has 1 aliphatic heterocycles. The molecule has 1 fully saturated rings. The molecule has 1 atom stereocenters. The number of piperidine rings is 1. The van der Waals surface area contributed by atoms with E-state index < -0.39 is 6.04 Å². The number of likely N-dealkylation sites (tertiary alicyclic amines) is 1. The van der Waals surface area contributed by atoms with Crippen LogP contribution in [0.1, 0.15) is 31.4 Å². The number of ether oxygens (including phenoxy) is 1. The summed E-state index contributed by atoms with van der Waals surface area (Å²) in [6, 6.07) is 6.95. The van der Waals surface area contributed by atoms with Gasteiger partial charge >= 0.3 is 0 Å². The van der Waals surface area contributed by atoms with Gasteiger partial charge in [0.1, 0.15) is 6.04 Å². The quantitative estimate of drug-likeness (QED) is 0.877. The standard InChI is InChI=1S/C15H20N2O3/c1-2-20-14-5-3-4-12(15(14)19)13(10-16)17-8-6-11(18)7-9-17/h3-5,11,13,18-19H,2,6-9H2,1H3. The van der Waals surface area contributed by atoms with Crippen molar-refractivity contribution in [1.82, 2.24) is 4.90 Å². The molecular formula is C15H20N2O3. The Labute approximate surface area is 119 Å². The topological polar surface area (TPSA) is 76.7 Å². The summed E-state index contributed by atoms with van der Waals surface area (Å²) in [4.78, 5) is 1.98. The molecule has 0 aromatic heterocycles. The average Bonchev–Trinajstić information content (AvgIpc) is 2.46. The van der Waals surface area contributed by atoms with Gasteiger partial charge in [0.2, 0.25) is 0 Å². The summed E-state index contributed by atoms with van der Waals surface area (Å²) >= 11 is 0. The number of benzene rings is 1. The summed E-state index contributed by atoms with van der Waals surface area (Å²) in [6.45, 7) is 3.61. The molecule has 20 heavy (non-hydrogen) atoms. The Balaban J connectivity index is 2.24. The van der Waals surface area contributed by atoms with Crippen LogP contribution in [-0.2, 0) is 0 Å². The lowest BCUT2D eigenvalue weighted by Gasteiger charge is -2.33. The van der Waals surface area contributed by atoms with Crippen LogP contribution in [0.3, 0.4) is 0 Å². The number of aliphatic hydroxyl groups excluding tert-OH is 1. The van der Waals surface area contributed by atoms with E-state index in [9.17, 15) is 15.5 Å². The maximum Gasteiger partial charge on any atom is 0.163 e. The molecule has 0 radical (unpaired) electrons. The number of nitriles is 1. The highest BCUT2D eigenvalue weighted by molar-refractivity contribution is 5.48. The summed E-state index contributed by atoms with van der Waals surface area (Å²) in [7, 11) is 0. The van der Waals surface area contributed by atoms with Gasteiger partial charge in [0.25, 0.3) is 0 Å². The molecule has 0 bridgehead atoms. The number of aliphatic hydroxyl groups is 1. The van der Waals surface area contributed by atoms with Crippen LogP contribution in [0.15, 0.2) is 18.2 Å². The summed E-state index contributed by atoms with van der Waals surface area (Å²) in [6.07, 6.45) is 1.03. The van der Waals surface area contributed by atoms with Gasteiger partial charge in [0.05, 0.1) is 18.8 Å². The molecule has 2 N–H and O–H groups in total. The van der Waals surface area contributed by atoms with Gasteiger partial charge in [-0.2, -0.15) is 5.26 Å². The Morgan fingerprint density at radius 2 is 2.15 bits per heavy atom. The van der Waals surface area contributed by atoms with Crippen LogP contribution in [-0.4, -0.2) is 40.9 Å². The van der Waals surface area contributed by atoms with Gasteiger partial charge in [-0.15, -0.1) is 0 Å².